The molecule has 1 saturated heterocycles. The summed E-state index contributed by atoms with van der Waals surface area (Å²) in [4.78, 5) is 4.65. The molecule has 24 heavy (non-hydrogen) atoms. The number of aromatic nitrogens is 1. The molecule has 0 saturated carbocycles. The lowest BCUT2D eigenvalue weighted by Gasteiger charge is -2.35. The maximum absolute atomic E-state index is 13.1. The van der Waals surface area contributed by atoms with Crippen molar-refractivity contribution in [3.63, 3.8) is 0 Å². The zero-order valence-corrected chi connectivity index (χ0v) is 14.9. The molecule has 0 amide bonds. The van der Waals surface area contributed by atoms with E-state index in [1.165, 1.54) is 0 Å². The standard InChI is InChI=1S/C18H23N3O2S/c1-13-6-8-15(9-7-13)24(22,23)21-12-4-3-5-17(21)16-10-11-18(19)20-14(16)2/h6-11,17H,3-5,12H2,1-2H3,(H2,19,20)/t17-/m0/s1. The summed E-state index contributed by atoms with van der Waals surface area (Å²) in [7, 11) is -3.53. The number of benzene rings is 1. The molecule has 0 unspecified atom stereocenters. The van der Waals surface area contributed by atoms with Crippen molar-refractivity contribution in [2.75, 3.05) is 12.3 Å². The van der Waals surface area contributed by atoms with Gasteiger partial charge in [-0.15, -0.1) is 0 Å². The molecule has 2 heterocycles. The molecular formula is C18H23N3O2S. The Hall–Kier alpha value is -1.92. The molecule has 1 atom stereocenters. The number of nitrogens with two attached hydrogens (primary N) is 1. The van der Waals surface area contributed by atoms with Gasteiger partial charge in [-0.3, -0.25) is 0 Å². The Bertz CT molecular complexity index is 832. The molecule has 2 aromatic rings. The third-order valence-electron chi connectivity index (χ3n) is 4.59. The Morgan fingerprint density at radius 3 is 2.46 bits per heavy atom. The van der Waals surface area contributed by atoms with Crippen LogP contribution in [0.15, 0.2) is 41.3 Å². The number of pyridine rings is 1. The van der Waals surface area contributed by atoms with Gasteiger partial charge in [0.15, 0.2) is 0 Å². The van der Waals surface area contributed by atoms with E-state index in [2.05, 4.69) is 4.98 Å². The average Bonchev–Trinajstić information content (AvgIpc) is 2.55. The fraction of sp³-hybridized carbons (Fsp3) is 0.389. The SMILES string of the molecule is Cc1ccc(S(=O)(=O)N2CCCC[C@H]2c2ccc(N)nc2C)cc1. The van der Waals surface area contributed by atoms with Gasteiger partial charge in [0, 0.05) is 12.2 Å². The molecule has 0 radical (unpaired) electrons. The topological polar surface area (TPSA) is 76.3 Å². The summed E-state index contributed by atoms with van der Waals surface area (Å²) < 4.78 is 27.9. The first-order valence-electron chi connectivity index (χ1n) is 8.21. The van der Waals surface area contributed by atoms with Crippen LogP contribution in [-0.4, -0.2) is 24.3 Å². The zero-order valence-electron chi connectivity index (χ0n) is 14.1. The number of hydrogen-bond donors (Lipinski definition) is 1. The molecule has 2 N–H and O–H groups in total. The minimum Gasteiger partial charge on any atom is -0.384 e. The summed E-state index contributed by atoms with van der Waals surface area (Å²) in [6.45, 7) is 4.37. The Morgan fingerprint density at radius 1 is 1.08 bits per heavy atom. The normalized spacial score (nSPS) is 19.3. The number of nitrogens with zero attached hydrogens (tertiary/aromatic N) is 2. The van der Waals surface area contributed by atoms with Gasteiger partial charge in [-0.25, -0.2) is 13.4 Å². The van der Waals surface area contributed by atoms with Gasteiger partial charge in [-0.2, -0.15) is 4.31 Å². The lowest BCUT2D eigenvalue weighted by molar-refractivity contribution is 0.255. The second kappa shape index (κ2) is 6.53. The van der Waals surface area contributed by atoms with Gasteiger partial charge in [0.25, 0.3) is 0 Å². The van der Waals surface area contributed by atoms with E-state index in [9.17, 15) is 8.42 Å². The third kappa shape index (κ3) is 3.16. The smallest absolute Gasteiger partial charge is 0.243 e. The van der Waals surface area contributed by atoms with E-state index in [1.807, 2.05) is 32.0 Å². The van der Waals surface area contributed by atoms with Crippen molar-refractivity contribution >= 4 is 15.8 Å². The summed E-state index contributed by atoms with van der Waals surface area (Å²) in [5.74, 6) is 0.458. The van der Waals surface area contributed by atoms with Crippen molar-refractivity contribution < 1.29 is 8.42 Å². The van der Waals surface area contributed by atoms with E-state index in [0.29, 0.717) is 17.3 Å². The minimum atomic E-state index is -3.53. The monoisotopic (exact) mass is 345 g/mol. The molecule has 128 valence electrons. The molecule has 0 bridgehead atoms. The van der Waals surface area contributed by atoms with Crippen LogP contribution in [0.4, 0.5) is 5.82 Å². The second-order valence-electron chi connectivity index (χ2n) is 6.35. The first kappa shape index (κ1) is 16.9. The van der Waals surface area contributed by atoms with E-state index >= 15 is 0 Å². The van der Waals surface area contributed by atoms with Gasteiger partial charge in [0.1, 0.15) is 5.82 Å². The summed E-state index contributed by atoms with van der Waals surface area (Å²) in [6, 6.07) is 10.5. The van der Waals surface area contributed by atoms with Crippen LogP contribution in [0, 0.1) is 13.8 Å². The molecule has 1 fully saturated rings. The van der Waals surface area contributed by atoms with Gasteiger partial charge in [-0.05, 0) is 50.5 Å². The van der Waals surface area contributed by atoms with Crippen LogP contribution in [0.5, 0.6) is 0 Å². The zero-order chi connectivity index (χ0) is 17.3. The van der Waals surface area contributed by atoms with Crippen molar-refractivity contribution in [2.45, 2.75) is 44.0 Å². The number of nitrogen functional groups attached to an aromatic ring is 1. The number of rotatable bonds is 3. The Labute approximate surface area is 143 Å². The fourth-order valence-corrected chi connectivity index (χ4v) is 4.97. The number of piperidine rings is 1. The molecule has 6 heteroatoms. The van der Waals surface area contributed by atoms with Gasteiger partial charge < -0.3 is 5.73 Å². The molecule has 1 aromatic heterocycles. The maximum Gasteiger partial charge on any atom is 0.243 e. The Balaban J connectivity index is 2.01. The van der Waals surface area contributed by atoms with Crippen LogP contribution < -0.4 is 5.73 Å². The number of anilines is 1. The van der Waals surface area contributed by atoms with Crippen molar-refractivity contribution in [1.82, 2.24) is 9.29 Å². The van der Waals surface area contributed by atoms with Gasteiger partial charge >= 0.3 is 0 Å². The Morgan fingerprint density at radius 2 is 1.79 bits per heavy atom. The molecule has 3 rings (SSSR count). The van der Waals surface area contributed by atoms with Crippen LogP contribution in [0.25, 0.3) is 0 Å². The molecule has 1 aromatic carbocycles. The fourth-order valence-electron chi connectivity index (χ4n) is 3.29. The van der Waals surface area contributed by atoms with Gasteiger partial charge in [0.2, 0.25) is 10.0 Å². The van der Waals surface area contributed by atoms with E-state index in [-0.39, 0.29) is 6.04 Å². The summed E-state index contributed by atoms with van der Waals surface area (Å²) in [5, 5.41) is 0. The van der Waals surface area contributed by atoms with E-state index in [1.54, 1.807) is 22.5 Å². The predicted octanol–water partition coefficient (Wildman–Crippen LogP) is 3.20. The highest BCUT2D eigenvalue weighted by Crippen LogP contribution is 2.36. The van der Waals surface area contributed by atoms with Crippen LogP contribution >= 0.6 is 0 Å². The highest BCUT2D eigenvalue weighted by molar-refractivity contribution is 7.89. The lowest BCUT2D eigenvalue weighted by atomic mass is 9.96. The number of hydrogen-bond acceptors (Lipinski definition) is 4. The van der Waals surface area contributed by atoms with Gasteiger partial charge in [-0.1, -0.05) is 30.2 Å². The summed E-state index contributed by atoms with van der Waals surface area (Å²) in [5.41, 5.74) is 8.53. The highest BCUT2D eigenvalue weighted by Gasteiger charge is 2.35. The molecular weight excluding hydrogens is 322 g/mol. The minimum absolute atomic E-state index is 0.182. The molecule has 1 aliphatic heterocycles. The quantitative estimate of drug-likeness (QED) is 0.927. The Kier molecular flexibility index (Phi) is 4.60. The van der Waals surface area contributed by atoms with E-state index in [0.717, 1.165) is 36.1 Å². The molecule has 0 aliphatic carbocycles. The summed E-state index contributed by atoms with van der Waals surface area (Å²) >= 11 is 0. The van der Waals surface area contributed by atoms with Crippen molar-refractivity contribution in [2.24, 2.45) is 0 Å². The number of sulfonamides is 1. The maximum atomic E-state index is 13.1. The van der Waals surface area contributed by atoms with E-state index < -0.39 is 10.0 Å². The van der Waals surface area contributed by atoms with Crippen molar-refractivity contribution in [3.05, 3.63) is 53.2 Å². The van der Waals surface area contributed by atoms with Crippen LogP contribution in [-0.2, 0) is 10.0 Å². The molecule has 0 spiro atoms. The molecule has 5 nitrogen and oxygen atoms in total. The van der Waals surface area contributed by atoms with Crippen molar-refractivity contribution in [3.8, 4) is 0 Å². The third-order valence-corrected chi connectivity index (χ3v) is 6.51. The highest BCUT2D eigenvalue weighted by atomic mass is 32.2. The van der Waals surface area contributed by atoms with Gasteiger partial charge in [0.05, 0.1) is 10.9 Å². The van der Waals surface area contributed by atoms with Crippen LogP contribution in [0.1, 0.15) is 42.1 Å². The number of aryl methyl sites for hydroxylation is 2. The first-order chi connectivity index (χ1) is 11.4. The first-order valence-corrected chi connectivity index (χ1v) is 9.65. The largest absolute Gasteiger partial charge is 0.384 e. The summed E-state index contributed by atoms with van der Waals surface area (Å²) in [6.07, 6.45) is 2.69. The lowest BCUT2D eigenvalue weighted by Crippen LogP contribution is -2.38. The predicted molar refractivity (Wildman–Crippen MR) is 95.0 cm³/mol. The van der Waals surface area contributed by atoms with Crippen LogP contribution in [0.3, 0.4) is 0 Å². The van der Waals surface area contributed by atoms with Crippen molar-refractivity contribution in [1.29, 1.82) is 0 Å². The second-order valence-corrected chi connectivity index (χ2v) is 8.24. The van der Waals surface area contributed by atoms with E-state index in [4.69, 9.17) is 5.73 Å². The van der Waals surface area contributed by atoms with Crippen LogP contribution in [0.2, 0.25) is 0 Å². The molecule has 1 aliphatic rings. The average molecular weight is 345 g/mol.